The van der Waals surface area contributed by atoms with Gasteiger partial charge in [-0.15, -0.1) is 0 Å². The van der Waals surface area contributed by atoms with Crippen LogP contribution in [0.3, 0.4) is 0 Å². The van der Waals surface area contributed by atoms with Gasteiger partial charge in [0.25, 0.3) is 5.91 Å². The van der Waals surface area contributed by atoms with Crippen molar-refractivity contribution in [2.75, 3.05) is 5.32 Å². The molecule has 0 atom stereocenters. The number of hydrogen-bond acceptors (Lipinski definition) is 4. The standard InChI is InChI=1S/C22H19BrClN5O2/c1-15-4-2-3-5-16(15)13-28-11-9-21(27-28)25-22(30)19-8-10-29(26-19)14-31-20-7-6-17(24)12-18(20)23/h2-12H,13-14H2,1H3,(H,25,27,30). The van der Waals surface area contributed by atoms with Gasteiger partial charge in [0, 0.05) is 23.5 Å². The predicted molar refractivity (Wildman–Crippen MR) is 122 cm³/mol. The third-order valence-electron chi connectivity index (χ3n) is 4.60. The fraction of sp³-hybridized carbons (Fsp3) is 0.136. The molecule has 1 N–H and O–H groups in total. The Morgan fingerprint density at radius 2 is 1.90 bits per heavy atom. The van der Waals surface area contributed by atoms with Crippen LogP contribution in [0.5, 0.6) is 5.75 Å². The Hall–Kier alpha value is -3.10. The molecule has 2 aromatic heterocycles. The van der Waals surface area contributed by atoms with Crippen molar-refractivity contribution in [3.8, 4) is 5.75 Å². The van der Waals surface area contributed by atoms with E-state index in [1.807, 2.05) is 18.3 Å². The van der Waals surface area contributed by atoms with E-state index >= 15 is 0 Å². The average Bonchev–Trinajstić information content (AvgIpc) is 3.39. The summed E-state index contributed by atoms with van der Waals surface area (Å²) in [4.78, 5) is 12.5. The van der Waals surface area contributed by atoms with Crippen LogP contribution in [0.2, 0.25) is 5.02 Å². The Balaban J connectivity index is 1.35. The number of nitrogens with zero attached hydrogens (tertiary/aromatic N) is 4. The molecule has 0 unspecified atom stereocenters. The molecule has 0 fully saturated rings. The number of hydrogen-bond donors (Lipinski definition) is 1. The molecule has 4 aromatic rings. The zero-order chi connectivity index (χ0) is 21.8. The first kappa shape index (κ1) is 21.1. The average molecular weight is 501 g/mol. The van der Waals surface area contributed by atoms with E-state index in [1.54, 1.807) is 41.2 Å². The quantitative estimate of drug-likeness (QED) is 0.381. The Kier molecular flexibility index (Phi) is 6.39. The van der Waals surface area contributed by atoms with Gasteiger partial charge in [0.15, 0.2) is 18.2 Å². The van der Waals surface area contributed by atoms with Crippen molar-refractivity contribution in [1.82, 2.24) is 19.6 Å². The van der Waals surface area contributed by atoms with Crippen LogP contribution in [0.15, 0.2) is 71.5 Å². The molecule has 2 heterocycles. The van der Waals surface area contributed by atoms with Crippen molar-refractivity contribution >= 4 is 39.3 Å². The van der Waals surface area contributed by atoms with Crippen LogP contribution in [0.25, 0.3) is 0 Å². The summed E-state index contributed by atoms with van der Waals surface area (Å²) in [7, 11) is 0. The maximum atomic E-state index is 12.5. The minimum absolute atomic E-state index is 0.151. The second-order valence-electron chi connectivity index (χ2n) is 6.87. The van der Waals surface area contributed by atoms with E-state index < -0.39 is 0 Å². The molecule has 0 saturated heterocycles. The summed E-state index contributed by atoms with van der Waals surface area (Å²) >= 11 is 9.33. The lowest BCUT2D eigenvalue weighted by Crippen LogP contribution is -2.15. The summed E-state index contributed by atoms with van der Waals surface area (Å²) in [5, 5.41) is 12.1. The monoisotopic (exact) mass is 499 g/mol. The predicted octanol–water partition coefficient (Wildman–Crippen LogP) is 5.14. The minimum atomic E-state index is -0.340. The molecule has 0 bridgehead atoms. The van der Waals surface area contributed by atoms with Crippen LogP contribution < -0.4 is 10.1 Å². The van der Waals surface area contributed by atoms with E-state index in [0.717, 1.165) is 4.47 Å². The fourth-order valence-electron chi connectivity index (χ4n) is 2.94. The topological polar surface area (TPSA) is 74.0 Å². The van der Waals surface area contributed by atoms with Crippen molar-refractivity contribution in [1.29, 1.82) is 0 Å². The van der Waals surface area contributed by atoms with E-state index in [1.165, 1.54) is 15.8 Å². The van der Waals surface area contributed by atoms with E-state index in [9.17, 15) is 4.79 Å². The third-order valence-corrected chi connectivity index (χ3v) is 5.45. The van der Waals surface area contributed by atoms with E-state index in [2.05, 4.69) is 50.5 Å². The molecule has 7 nitrogen and oxygen atoms in total. The maximum Gasteiger partial charge on any atom is 0.277 e. The third kappa shape index (κ3) is 5.34. The highest BCUT2D eigenvalue weighted by Crippen LogP contribution is 2.28. The van der Waals surface area contributed by atoms with Gasteiger partial charge in [-0.25, -0.2) is 4.68 Å². The largest absolute Gasteiger partial charge is 0.470 e. The van der Waals surface area contributed by atoms with Crippen molar-refractivity contribution in [3.63, 3.8) is 0 Å². The molecule has 0 saturated carbocycles. The Labute approximate surface area is 192 Å². The molecule has 158 valence electrons. The van der Waals surface area contributed by atoms with Crippen LogP contribution in [-0.2, 0) is 13.3 Å². The highest BCUT2D eigenvalue weighted by molar-refractivity contribution is 9.10. The number of halogens is 2. The number of anilines is 1. The number of nitrogens with one attached hydrogen (secondary N) is 1. The van der Waals surface area contributed by atoms with Gasteiger partial charge in [-0.3, -0.25) is 9.48 Å². The molecule has 1 amide bonds. The number of carbonyl (C=O) groups is 1. The number of aryl methyl sites for hydroxylation is 1. The van der Waals surface area contributed by atoms with Gasteiger partial charge < -0.3 is 10.1 Å². The second kappa shape index (κ2) is 9.36. The van der Waals surface area contributed by atoms with Gasteiger partial charge in [0.05, 0.1) is 11.0 Å². The summed E-state index contributed by atoms with van der Waals surface area (Å²) < 4.78 is 9.77. The van der Waals surface area contributed by atoms with Crippen molar-refractivity contribution in [2.24, 2.45) is 0 Å². The molecule has 0 radical (unpaired) electrons. The van der Waals surface area contributed by atoms with Gasteiger partial charge in [-0.05, 0) is 58.2 Å². The minimum Gasteiger partial charge on any atom is -0.470 e. The summed E-state index contributed by atoms with van der Waals surface area (Å²) in [6.07, 6.45) is 3.51. The summed E-state index contributed by atoms with van der Waals surface area (Å²) in [5.74, 6) is 0.757. The SMILES string of the molecule is Cc1ccccc1Cn1ccc(NC(=O)c2ccn(COc3ccc(Cl)cc3Br)n2)n1. The highest BCUT2D eigenvalue weighted by atomic mass is 79.9. The molecule has 31 heavy (non-hydrogen) atoms. The molecule has 9 heteroatoms. The van der Waals surface area contributed by atoms with E-state index in [0.29, 0.717) is 23.1 Å². The van der Waals surface area contributed by atoms with Gasteiger partial charge in [-0.2, -0.15) is 10.2 Å². The number of benzene rings is 2. The number of rotatable bonds is 7. The molecule has 4 rings (SSSR count). The first-order chi connectivity index (χ1) is 15.0. The van der Waals surface area contributed by atoms with Crippen LogP contribution in [-0.4, -0.2) is 25.5 Å². The second-order valence-corrected chi connectivity index (χ2v) is 8.16. The van der Waals surface area contributed by atoms with Crippen LogP contribution in [0, 0.1) is 6.92 Å². The van der Waals surface area contributed by atoms with Crippen LogP contribution in [0.1, 0.15) is 21.6 Å². The zero-order valence-corrected chi connectivity index (χ0v) is 19.0. The lowest BCUT2D eigenvalue weighted by molar-refractivity contribution is 0.101. The van der Waals surface area contributed by atoms with Crippen LogP contribution >= 0.6 is 27.5 Å². The fourth-order valence-corrected chi connectivity index (χ4v) is 3.74. The van der Waals surface area contributed by atoms with Gasteiger partial charge in [0.1, 0.15) is 5.75 Å². The number of ether oxygens (including phenoxy) is 1. The number of aromatic nitrogens is 4. The van der Waals surface area contributed by atoms with Gasteiger partial charge in [-0.1, -0.05) is 35.9 Å². The Morgan fingerprint density at radius 1 is 1.10 bits per heavy atom. The normalized spacial score (nSPS) is 10.8. The zero-order valence-electron chi connectivity index (χ0n) is 16.6. The first-order valence-electron chi connectivity index (χ1n) is 9.48. The molecule has 0 aliphatic rings. The number of carbonyl (C=O) groups excluding carboxylic acids is 1. The summed E-state index contributed by atoms with van der Waals surface area (Å²) in [6, 6.07) is 16.8. The van der Waals surface area contributed by atoms with Crippen molar-refractivity contribution < 1.29 is 9.53 Å². The van der Waals surface area contributed by atoms with Gasteiger partial charge in [0.2, 0.25) is 0 Å². The molecule has 2 aromatic carbocycles. The van der Waals surface area contributed by atoms with E-state index in [4.69, 9.17) is 16.3 Å². The number of amides is 1. The summed E-state index contributed by atoms with van der Waals surface area (Å²) in [6.45, 7) is 2.85. The Bertz CT molecular complexity index is 1220. The highest BCUT2D eigenvalue weighted by Gasteiger charge is 2.12. The van der Waals surface area contributed by atoms with Crippen LogP contribution in [0.4, 0.5) is 5.82 Å². The van der Waals surface area contributed by atoms with Gasteiger partial charge >= 0.3 is 0 Å². The molecular weight excluding hydrogens is 482 g/mol. The molecular formula is C22H19BrClN5O2. The maximum absolute atomic E-state index is 12.5. The molecule has 0 spiro atoms. The smallest absolute Gasteiger partial charge is 0.277 e. The summed E-state index contributed by atoms with van der Waals surface area (Å²) in [5.41, 5.74) is 2.64. The molecule has 0 aliphatic carbocycles. The lowest BCUT2D eigenvalue weighted by Gasteiger charge is -2.08. The Morgan fingerprint density at radius 3 is 2.71 bits per heavy atom. The lowest BCUT2D eigenvalue weighted by atomic mass is 10.1. The van der Waals surface area contributed by atoms with E-state index in [-0.39, 0.29) is 18.3 Å². The van der Waals surface area contributed by atoms with Crippen molar-refractivity contribution in [3.05, 3.63) is 93.3 Å². The van der Waals surface area contributed by atoms with Crippen molar-refractivity contribution in [2.45, 2.75) is 20.2 Å². The first-order valence-corrected chi connectivity index (χ1v) is 10.7. The molecule has 0 aliphatic heterocycles.